The predicted octanol–water partition coefficient (Wildman–Crippen LogP) is 1.55. The molecule has 1 saturated heterocycles. The van der Waals surface area contributed by atoms with Gasteiger partial charge in [-0.2, -0.15) is 5.10 Å². The molecule has 2 fully saturated rings. The van der Waals surface area contributed by atoms with Gasteiger partial charge in [-0.3, -0.25) is 9.59 Å². The molecule has 7 heteroatoms. The third-order valence-electron chi connectivity index (χ3n) is 5.54. The second kappa shape index (κ2) is 9.16. The summed E-state index contributed by atoms with van der Waals surface area (Å²) in [6.45, 7) is 2.60. The lowest BCUT2D eigenvalue weighted by Gasteiger charge is -2.34. The van der Waals surface area contributed by atoms with Gasteiger partial charge in [0.25, 0.3) is 5.56 Å². The zero-order valence-corrected chi connectivity index (χ0v) is 15.7. The van der Waals surface area contributed by atoms with E-state index in [0.717, 1.165) is 44.5 Å². The minimum absolute atomic E-state index is 0.104. The van der Waals surface area contributed by atoms with Crippen LogP contribution in [0, 0.1) is 5.92 Å². The molecule has 1 saturated carbocycles. The average molecular weight is 362 g/mol. The number of anilines is 1. The lowest BCUT2D eigenvalue weighted by atomic mass is 9.88. The monoisotopic (exact) mass is 362 g/mol. The van der Waals surface area contributed by atoms with Crippen molar-refractivity contribution in [1.29, 1.82) is 0 Å². The number of nitrogens with one attached hydrogen (secondary N) is 1. The van der Waals surface area contributed by atoms with Crippen molar-refractivity contribution in [3.8, 4) is 0 Å². The Balaban J connectivity index is 1.49. The molecule has 3 rings (SSSR count). The van der Waals surface area contributed by atoms with Crippen LogP contribution in [0.4, 0.5) is 5.69 Å². The van der Waals surface area contributed by atoms with Gasteiger partial charge in [-0.1, -0.05) is 19.3 Å². The molecule has 0 unspecified atom stereocenters. The molecule has 1 aromatic heterocycles. The quantitative estimate of drug-likeness (QED) is 0.831. The Hall–Kier alpha value is -1.89. The Morgan fingerprint density at radius 2 is 1.96 bits per heavy atom. The smallest absolute Gasteiger partial charge is 0.268 e. The average Bonchev–Trinajstić information content (AvgIpc) is 2.68. The molecule has 1 aliphatic carbocycles. The van der Waals surface area contributed by atoms with Crippen molar-refractivity contribution in [3.05, 3.63) is 22.6 Å². The van der Waals surface area contributed by atoms with Crippen molar-refractivity contribution < 1.29 is 9.53 Å². The number of ether oxygens (including phenoxy) is 1. The topological polar surface area (TPSA) is 76.5 Å². The first-order chi connectivity index (χ1) is 12.7. The van der Waals surface area contributed by atoms with Crippen molar-refractivity contribution in [2.75, 3.05) is 31.7 Å². The van der Waals surface area contributed by atoms with Crippen LogP contribution >= 0.6 is 0 Å². The molecule has 0 spiro atoms. The first kappa shape index (κ1) is 18.9. The van der Waals surface area contributed by atoms with Gasteiger partial charge < -0.3 is 15.0 Å². The molecule has 7 nitrogen and oxygen atoms in total. The molecule has 2 heterocycles. The van der Waals surface area contributed by atoms with Gasteiger partial charge in [0.2, 0.25) is 5.91 Å². The van der Waals surface area contributed by atoms with E-state index in [9.17, 15) is 9.59 Å². The fourth-order valence-electron chi connectivity index (χ4n) is 3.91. The number of aromatic nitrogens is 2. The van der Waals surface area contributed by atoms with Gasteiger partial charge in [-0.15, -0.1) is 0 Å². The molecule has 0 bridgehead atoms. The lowest BCUT2D eigenvalue weighted by molar-refractivity contribution is -0.126. The van der Waals surface area contributed by atoms with Crippen molar-refractivity contribution in [1.82, 2.24) is 15.1 Å². The highest BCUT2D eigenvalue weighted by molar-refractivity contribution is 5.79. The van der Waals surface area contributed by atoms with Gasteiger partial charge in [0.1, 0.15) is 0 Å². The third kappa shape index (κ3) is 4.84. The summed E-state index contributed by atoms with van der Waals surface area (Å²) in [6, 6.07) is 1.89. The van der Waals surface area contributed by atoms with Crippen LogP contribution in [0.3, 0.4) is 0 Å². The van der Waals surface area contributed by atoms with E-state index in [0.29, 0.717) is 13.2 Å². The van der Waals surface area contributed by atoms with E-state index >= 15 is 0 Å². The highest BCUT2D eigenvalue weighted by Crippen LogP contribution is 2.24. The fourth-order valence-corrected chi connectivity index (χ4v) is 3.91. The predicted molar refractivity (Wildman–Crippen MR) is 100 cm³/mol. The summed E-state index contributed by atoms with van der Waals surface area (Å²) in [6.07, 6.45) is 9.26. The number of carbonyl (C=O) groups is 1. The van der Waals surface area contributed by atoms with Crippen LogP contribution in [0.2, 0.25) is 0 Å². The standard InChI is InChI=1S/C19H30N4O3/c1-26-12-11-23-18(24)13-17(14-20-23)22-9-7-16(8-10-22)21-19(25)15-5-3-2-4-6-15/h13-16H,2-12H2,1H3,(H,21,25). The van der Waals surface area contributed by atoms with Crippen LogP contribution < -0.4 is 15.8 Å². The molecule has 1 aromatic rings. The minimum Gasteiger partial charge on any atom is -0.383 e. The Bertz CT molecular complexity index is 646. The summed E-state index contributed by atoms with van der Waals surface area (Å²) in [4.78, 5) is 26.7. The zero-order chi connectivity index (χ0) is 18.4. The SMILES string of the molecule is COCCn1ncc(N2CCC(NC(=O)C3CCCCC3)CC2)cc1=O. The first-order valence-electron chi connectivity index (χ1n) is 9.79. The summed E-state index contributed by atoms with van der Waals surface area (Å²) in [7, 11) is 1.61. The largest absolute Gasteiger partial charge is 0.383 e. The van der Waals surface area contributed by atoms with E-state index in [4.69, 9.17) is 4.74 Å². The van der Waals surface area contributed by atoms with Gasteiger partial charge >= 0.3 is 0 Å². The molecule has 2 aliphatic rings. The summed E-state index contributed by atoms with van der Waals surface area (Å²) in [5.41, 5.74) is 0.757. The van der Waals surface area contributed by atoms with Gasteiger partial charge in [0.15, 0.2) is 0 Å². The van der Waals surface area contributed by atoms with Crippen LogP contribution in [0.5, 0.6) is 0 Å². The van der Waals surface area contributed by atoms with E-state index in [1.165, 1.54) is 23.9 Å². The Kier molecular flexibility index (Phi) is 6.66. The van der Waals surface area contributed by atoms with Gasteiger partial charge in [0.05, 0.1) is 25.0 Å². The zero-order valence-electron chi connectivity index (χ0n) is 15.7. The molecule has 0 radical (unpaired) electrons. The number of hydrogen-bond donors (Lipinski definition) is 1. The van der Waals surface area contributed by atoms with Crippen molar-refractivity contribution in [3.63, 3.8) is 0 Å². The molecule has 1 amide bonds. The van der Waals surface area contributed by atoms with E-state index in [1.54, 1.807) is 19.4 Å². The van der Waals surface area contributed by atoms with E-state index < -0.39 is 0 Å². The molecule has 144 valence electrons. The minimum atomic E-state index is -0.104. The number of nitrogens with zero attached hydrogens (tertiary/aromatic N) is 3. The highest BCUT2D eigenvalue weighted by Gasteiger charge is 2.26. The van der Waals surface area contributed by atoms with Crippen molar-refractivity contribution in [2.45, 2.75) is 57.5 Å². The van der Waals surface area contributed by atoms with E-state index in [1.807, 2.05) is 0 Å². The number of rotatable bonds is 6. The van der Waals surface area contributed by atoms with Crippen LogP contribution in [-0.4, -0.2) is 48.5 Å². The van der Waals surface area contributed by atoms with Crippen LogP contribution in [0.1, 0.15) is 44.9 Å². The molecular formula is C19H30N4O3. The number of amides is 1. The Labute approximate surface area is 154 Å². The molecule has 26 heavy (non-hydrogen) atoms. The summed E-state index contributed by atoms with van der Waals surface area (Å²) in [5, 5.41) is 7.48. The fraction of sp³-hybridized carbons (Fsp3) is 0.737. The van der Waals surface area contributed by atoms with Gasteiger partial charge in [0, 0.05) is 38.2 Å². The normalized spacial score (nSPS) is 19.5. The molecule has 1 aliphatic heterocycles. The number of carbonyl (C=O) groups excluding carboxylic acids is 1. The molecule has 1 N–H and O–H groups in total. The van der Waals surface area contributed by atoms with E-state index in [-0.39, 0.29) is 23.4 Å². The summed E-state index contributed by atoms with van der Waals surface area (Å²) < 4.78 is 6.41. The Morgan fingerprint density at radius 3 is 2.62 bits per heavy atom. The van der Waals surface area contributed by atoms with Crippen molar-refractivity contribution in [2.24, 2.45) is 5.92 Å². The maximum absolute atomic E-state index is 12.4. The van der Waals surface area contributed by atoms with Crippen LogP contribution in [-0.2, 0) is 16.1 Å². The second-order valence-corrected chi connectivity index (χ2v) is 7.37. The third-order valence-corrected chi connectivity index (χ3v) is 5.54. The Morgan fingerprint density at radius 1 is 1.23 bits per heavy atom. The molecular weight excluding hydrogens is 332 g/mol. The summed E-state index contributed by atoms with van der Waals surface area (Å²) >= 11 is 0. The maximum Gasteiger partial charge on any atom is 0.268 e. The van der Waals surface area contributed by atoms with Crippen LogP contribution in [0.25, 0.3) is 0 Å². The van der Waals surface area contributed by atoms with E-state index in [2.05, 4.69) is 15.3 Å². The second-order valence-electron chi connectivity index (χ2n) is 7.37. The maximum atomic E-state index is 12.4. The number of methoxy groups -OCH3 is 1. The first-order valence-corrected chi connectivity index (χ1v) is 9.79. The molecule has 0 atom stereocenters. The van der Waals surface area contributed by atoms with Crippen molar-refractivity contribution >= 4 is 11.6 Å². The lowest BCUT2D eigenvalue weighted by Crippen LogP contribution is -2.46. The van der Waals surface area contributed by atoms with Crippen LogP contribution in [0.15, 0.2) is 17.1 Å². The number of piperidine rings is 1. The summed E-state index contributed by atoms with van der Waals surface area (Å²) in [5.74, 6) is 0.455. The van der Waals surface area contributed by atoms with Gasteiger partial charge in [-0.25, -0.2) is 4.68 Å². The highest BCUT2D eigenvalue weighted by atomic mass is 16.5. The van der Waals surface area contributed by atoms with Gasteiger partial charge in [-0.05, 0) is 25.7 Å². The number of hydrogen-bond acceptors (Lipinski definition) is 5. The molecule has 0 aromatic carbocycles.